The van der Waals surface area contributed by atoms with Crippen LogP contribution in [0, 0.1) is 10.8 Å². The van der Waals surface area contributed by atoms with Crippen LogP contribution in [0.2, 0.25) is 0 Å². The fourth-order valence-electron chi connectivity index (χ4n) is 5.87. The normalized spacial score (nSPS) is 45.1. The Balaban J connectivity index is 2.29. The first-order valence-corrected chi connectivity index (χ1v) is 10.6. The van der Waals surface area contributed by atoms with Crippen molar-refractivity contribution in [3.8, 4) is 0 Å². The van der Waals surface area contributed by atoms with Crippen molar-refractivity contribution in [2.45, 2.75) is 89.0 Å². The third-order valence-electron chi connectivity index (χ3n) is 7.81. The summed E-state index contributed by atoms with van der Waals surface area (Å²) in [5.41, 5.74) is -6.46. The van der Waals surface area contributed by atoms with E-state index in [0.29, 0.717) is 18.4 Å². The lowest BCUT2D eigenvalue weighted by molar-refractivity contribution is -0.306. The predicted octanol–water partition coefficient (Wildman–Crippen LogP) is 0.802. The van der Waals surface area contributed by atoms with Crippen molar-refractivity contribution >= 4 is 11.8 Å². The highest BCUT2D eigenvalue weighted by Gasteiger charge is 2.76. The lowest BCUT2D eigenvalue weighted by Gasteiger charge is -2.66. The maximum absolute atomic E-state index is 13.6. The number of ketones is 1. The average Bonchev–Trinajstić information content (AvgIpc) is 2.69. The van der Waals surface area contributed by atoms with Crippen LogP contribution < -0.4 is 0 Å². The summed E-state index contributed by atoms with van der Waals surface area (Å²) in [5, 5.41) is 42.2. The molecule has 3 aliphatic rings. The van der Waals surface area contributed by atoms with Crippen LogP contribution in [-0.2, 0) is 19.1 Å². The monoisotopic (exact) mass is 438 g/mol. The fraction of sp³-hybridized carbons (Fsp3) is 0.739. The van der Waals surface area contributed by atoms with E-state index in [9.17, 15) is 24.9 Å². The molecule has 2 aliphatic carbocycles. The summed E-state index contributed by atoms with van der Waals surface area (Å²) in [5.74, 6) is -1.65. The zero-order chi connectivity index (χ0) is 23.6. The molecule has 1 saturated heterocycles. The second-order valence-electron chi connectivity index (χ2n) is 10.3. The molecule has 3 rings (SSSR count). The van der Waals surface area contributed by atoms with Gasteiger partial charge in [-0.1, -0.05) is 25.5 Å². The minimum atomic E-state index is -2.22. The van der Waals surface area contributed by atoms with Gasteiger partial charge in [0.05, 0.1) is 23.7 Å². The van der Waals surface area contributed by atoms with Gasteiger partial charge in [-0.3, -0.25) is 4.79 Å². The van der Waals surface area contributed by atoms with Gasteiger partial charge in [-0.05, 0) is 45.1 Å². The van der Waals surface area contributed by atoms with Crippen LogP contribution in [0.3, 0.4) is 0 Å². The molecule has 0 aromatic carbocycles. The molecular weight excluding hydrogens is 404 g/mol. The molecule has 7 atom stereocenters. The van der Waals surface area contributed by atoms with Crippen molar-refractivity contribution < 1.29 is 39.5 Å². The quantitative estimate of drug-likeness (QED) is 0.374. The van der Waals surface area contributed by atoms with Crippen LogP contribution in [0.5, 0.6) is 0 Å². The summed E-state index contributed by atoms with van der Waals surface area (Å²) >= 11 is 0. The molecule has 1 aliphatic heterocycles. The van der Waals surface area contributed by atoms with Gasteiger partial charge < -0.3 is 29.9 Å². The first kappa shape index (κ1) is 24.1. The maximum Gasteiger partial charge on any atom is 0.338 e. The molecule has 0 bridgehead atoms. The van der Waals surface area contributed by atoms with Gasteiger partial charge >= 0.3 is 5.97 Å². The smallest absolute Gasteiger partial charge is 0.338 e. The topological polar surface area (TPSA) is 134 Å². The lowest BCUT2D eigenvalue weighted by Crippen LogP contribution is -2.81. The number of hydrogen-bond donors (Lipinski definition) is 4. The number of rotatable bonds is 4. The second-order valence-corrected chi connectivity index (χ2v) is 10.3. The SMILES string of the molecule is C=C[C@@]1(C)CC(=O)[C@@]2(O)[C@](C)(O1)[C@@H](OC(=O)C(O)CO)C=C1C(C)(C)CC[C@H](O)[C@@]12C. The lowest BCUT2D eigenvalue weighted by atomic mass is 9.44. The van der Waals surface area contributed by atoms with Crippen LogP contribution in [-0.4, -0.2) is 73.9 Å². The largest absolute Gasteiger partial charge is 0.453 e. The van der Waals surface area contributed by atoms with Gasteiger partial charge in [-0.15, -0.1) is 6.58 Å². The highest BCUT2D eigenvalue weighted by molar-refractivity contribution is 5.93. The molecular formula is C23H34O8. The first-order valence-electron chi connectivity index (χ1n) is 10.6. The molecule has 0 aromatic heterocycles. The van der Waals surface area contributed by atoms with Crippen molar-refractivity contribution in [2.75, 3.05) is 6.61 Å². The molecule has 0 aromatic rings. The Labute approximate surface area is 182 Å². The first-order chi connectivity index (χ1) is 14.1. The van der Waals surface area contributed by atoms with Crippen molar-refractivity contribution in [2.24, 2.45) is 10.8 Å². The summed E-state index contributed by atoms with van der Waals surface area (Å²) < 4.78 is 11.8. The molecule has 4 N–H and O–H groups in total. The Hall–Kier alpha value is -1.58. The zero-order valence-electron chi connectivity index (χ0n) is 18.8. The summed E-state index contributed by atoms with van der Waals surface area (Å²) in [6.45, 7) is 11.6. The number of Topliss-reactive ketones (excluding diaryl/α,β-unsaturated/α-hetero) is 1. The Morgan fingerprint density at radius 1 is 1.35 bits per heavy atom. The van der Waals surface area contributed by atoms with Gasteiger partial charge in [0.25, 0.3) is 0 Å². The molecule has 0 amide bonds. The van der Waals surface area contributed by atoms with E-state index >= 15 is 0 Å². The molecule has 2 fully saturated rings. The molecule has 1 unspecified atom stereocenters. The van der Waals surface area contributed by atoms with E-state index < -0.39 is 64.3 Å². The van der Waals surface area contributed by atoms with E-state index in [-0.39, 0.29) is 6.42 Å². The van der Waals surface area contributed by atoms with Crippen LogP contribution in [0.4, 0.5) is 0 Å². The van der Waals surface area contributed by atoms with Crippen LogP contribution >= 0.6 is 0 Å². The van der Waals surface area contributed by atoms with Crippen molar-refractivity contribution in [1.29, 1.82) is 0 Å². The Morgan fingerprint density at radius 3 is 2.52 bits per heavy atom. The van der Waals surface area contributed by atoms with Gasteiger partial charge in [-0.2, -0.15) is 0 Å². The highest BCUT2D eigenvalue weighted by atomic mass is 16.6. The van der Waals surface area contributed by atoms with Gasteiger partial charge in [0.1, 0.15) is 5.60 Å². The molecule has 0 radical (unpaired) electrons. The predicted molar refractivity (Wildman–Crippen MR) is 111 cm³/mol. The molecule has 1 heterocycles. The molecule has 8 heteroatoms. The van der Waals surface area contributed by atoms with Crippen LogP contribution in [0.1, 0.15) is 53.9 Å². The van der Waals surface area contributed by atoms with Gasteiger partial charge in [0.2, 0.25) is 0 Å². The second kappa shape index (κ2) is 7.22. The number of fused-ring (bicyclic) bond motifs is 3. The molecule has 8 nitrogen and oxygen atoms in total. The number of aliphatic hydroxyl groups excluding tert-OH is 3. The zero-order valence-corrected chi connectivity index (χ0v) is 18.8. The summed E-state index contributed by atoms with van der Waals surface area (Å²) in [6, 6.07) is 0. The van der Waals surface area contributed by atoms with Crippen molar-refractivity contribution in [1.82, 2.24) is 0 Å². The average molecular weight is 439 g/mol. The van der Waals surface area contributed by atoms with E-state index in [1.807, 2.05) is 13.8 Å². The van der Waals surface area contributed by atoms with E-state index in [0.717, 1.165) is 0 Å². The maximum atomic E-state index is 13.6. The highest BCUT2D eigenvalue weighted by Crippen LogP contribution is 2.64. The van der Waals surface area contributed by atoms with E-state index in [1.165, 1.54) is 13.0 Å². The van der Waals surface area contributed by atoms with Crippen molar-refractivity contribution in [3.63, 3.8) is 0 Å². The minimum Gasteiger partial charge on any atom is -0.453 e. The summed E-state index contributed by atoms with van der Waals surface area (Å²) in [4.78, 5) is 26.0. The third kappa shape index (κ3) is 3.07. The standard InChI is InChI=1S/C23H34O8/c1-7-20(4)11-16(27)23(29)21(5)14(19(2,3)9-8-15(21)26)10-17(22(23,6)31-20)30-18(28)13(25)12-24/h7,10,13,15,17,24-26,29H,1,8-9,11-12H2,2-6H3/t13?,15-,17-,20-,21+,22+,23-/m0/s1. The van der Waals surface area contributed by atoms with E-state index in [1.54, 1.807) is 19.9 Å². The molecule has 31 heavy (non-hydrogen) atoms. The van der Waals surface area contributed by atoms with Crippen LogP contribution in [0.25, 0.3) is 0 Å². The number of aliphatic hydroxyl groups is 4. The van der Waals surface area contributed by atoms with Crippen molar-refractivity contribution in [3.05, 3.63) is 24.3 Å². The number of carbonyl (C=O) groups is 2. The van der Waals surface area contributed by atoms with Gasteiger partial charge in [0.15, 0.2) is 23.6 Å². The van der Waals surface area contributed by atoms with E-state index in [4.69, 9.17) is 14.6 Å². The van der Waals surface area contributed by atoms with Gasteiger partial charge in [-0.25, -0.2) is 4.79 Å². The molecule has 1 saturated carbocycles. The Bertz CT molecular complexity index is 833. The Morgan fingerprint density at radius 2 is 1.97 bits per heavy atom. The Kier molecular flexibility index (Phi) is 5.60. The molecule has 0 spiro atoms. The van der Waals surface area contributed by atoms with Crippen LogP contribution in [0.15, 0.2) is 24.3 Å². The van der Waals surface area contributed by atoms with Gasteiger partial charge in [0, 0.05) is 6.42 Å². The third-order valence-corrected chi connectivity index (χ3v) is 7.81. The number of hydrogen-bond acceptors (Lipinski definition) is 8. The van der Waals surface area contributed by atoms with E-state index in [2.05, 4.69) is 6.58 Å². The fourth-order valence-corrected chi connectivity index (χ4v) is 5.87. The number of ether oxygens (including phenoxy) is 2. The molecule has 174 valence electrons. The summed E-state index contributed by atoms with van der Waals surface area (Å²) in [7, 11) is 0. The summed E-state index contributed by atoms with van der Waals surface area (Å²) in [6.07, 6.45) is -0.183. The minimum absolute atomic E-state index is 0.168. The number of carbonyl (C=O) groups excluding carboxylic acids is 2. The number of esters is 1.